The summed E-state index contributed by atoms with van der Waals surface area (Å²) in [6.07, 6.45) is 1.13. The third-order valence-electron chi connectivity index (χ3n) is 3.70. The maximum absolute atomic E-state index is 12.2. The minimum Gasteiger partial charge on any atom is -0.325 e. The molecular weight excluding hydrogens is 469 g/mol. The van der Waals surface area contributed by atoms with Gasteiger partial charge in [0.25, 0.3) is 5.56 Å². The second kappa shape index (κ2) is 7.54. The zero-order chi connectivity index (χ0) is 18.7. The molecule has 7 nitrogen and oxygen atoms in total. The molecule has 3 aromatic rings. The third-order valence-corrected chi connectivity index (χ3v) is 6.33. The summed E-state index contributed by atoms with van der Waals surface area (Å²) in [5, 5.41) is 3.01. The average molecular weight is 483 g/mol. The Morgan fingerprint density at radius 1 is 1.19 bits per heavy atom. The summed E-state index contributed by atoms with van der Waals surface area (Å²) in [6.45, 7) is 0. The summed E-state index contributed by atoms with van der Waals surface area (Å²) in [5.41, 5.74) is 0.648. The van der Waals surface area contributed by atoms with E-state index in [0.29, 0.717) is 20.2 Å². The molecule has 0 aliphatic rings. The van der Waals surface area contributed by atoms with Crippen molar-refractivity contribution in [2.24, 2.45) is 0 Å². The minimum atomic E-state index is -3.53. The van der Waals surface area contributed by atoms with Gasteiger partial charge in [0.1, 0.15) is 0 Å². The first-order valence-electron chi connectivity index (χ1n) is 7.61. The molecule has 3 rings (SSSR count). The molecule has 0 aliphatic heterocycles. The van der Waals surface area contributed by atoms with Crippen LogP contribution >= 0.6 is 22.6 Å². The van der Waals surface area contributed by atoms with Crippen LogP contribution in [0.1, 0.15) is 6.42 Å². The van der Waals surface area contributed by atoms with Crippen LogP contribution in [0.5, 0.6) is 0 Å². The van der Waals surface area contributed by atoms with Crippen molar-refractivity contribution in [3.05, 3.63) is 62.7 Å². The molecular formula is C17H14IN3O4S. The predicted molar refractivity (Wildman–Crippen MR) is 107 cm³/mol. The van der Waals surface area contributed by atoms with Gasteiger partial charge in [-0.2, -0.15) is 0 Å². The number of hydrogen-bond donors (Lipinski definition) is 2. The fourth-order valence-electron chi connectivity index (χ4n) is 2.37. The number of H-pyrrole nitrogens is 1. The van der Waals surface area contributed by atoms with Crippen molar-refractivity contribution in [3.8, 4) is 0 Å². The van der Waals surface area contributed by atoms with Gasteiger partial charge in [-0.3, -0.25) is 9.59 Å². The second-order valence-electron chi connectivity index (χ2n) is 5.51. The Bertz CT molecular complexity index is 1130. The third kappa shape index (κ3) is 4.10. The maximum atomic E-state index is 12.2. The van der Waals surface area contributed by atoms with Gasteiger partial charge in [0.15, 0.2) is 9.84 Å². The number of halogens is 1. The Hall–Kier alpha value is -2.27. The molecule has 1 aromatic heterocycles. The van der Waals surface area contributed by atoms with Gasteiger partial charge in [-0.25, -0.2) is 13.4 Å². The van der Waals surface area contributed by atoms with E-state index in [4.69, 9.17) is 0 Å². The molecule has 0 bridgehead atoms. The van der Waals surface area contributed by atoms with Crippen molar-refractivity contribution in [2.45, 2.75) is 11.3 Å². The van der Waals surface area contributed by atoms with Gasteiger partial charge in [-0.05, 0) is 46.9 Å². The number of anilines is 1. The van der Waals surface area contributed by atoms with E-state index >= 15 is 0 Å². The number of nitrogens with zero attached hydrogens (tertiary/aromatic N) is 1. The van der Waals surface area contributed by atoms with Crippen molar-refractivity contribution >= 4 is 54.9 Å². The molecule has 0 saturated heterocycles. The molecule has 0 spiro atoms. The summed E-state index contributed by atoms with van der Waals surface area (Å²) in [6, 6.07) is 11.2. The lowest BCUT2D eigenvalue weighted by molar-refractivity contribution is -0.115. The van der Waals surface area contributed by atoms with Gasteiger partial charge in [0.2, 0.25) is 5.91 Å². The number of rotatable bonds is 5. The molecule has 26 heavy (non-hydrogen) atoms. The minimum absolute atomic E-state index is 0.186. The van der Waals surface area contributed by atoms with Crippen LogP contribution in [0.4, 0.5) is 5.69 Å². The van der Waals surface area contributed by atoms with E-state index in [1.54, 1.807) is 24.3 Å². The molecule has 0 aliphatic carbocycles. The summed E-state index contributed by atoms with van der Waals surface area (Å²) >= 11 is 2.02. The van der Waals surface area contributed by atoms with Crippen LogP contribution in [-0.2, 0) is 14.6 Å². The Labute approximate surface area is 162 Å². The Morgan fingerprint density at radius 3 is 2.65 bits per heavy atom. The van der Waals surface area contributed by atoms with Crippen LogP contribution in [0, 0.1) is 3.57 Å². The zero-order valence-corrected chi connectivity index (χ0v) is 16.4. The molecule has 0 radical (unpaired) electrons. The standard InChI is InChI=1S/C17H14IN3O4S/c18-13-9-14-12(17(23)20-10-19-14)8-15(13)21-16(22)6-7-26(24,25)11-4-2-1-3-5-11/h1-5,8-10H,6-7H2,(H,21,22)(H,19,20,23). The van der Waals surface area contributed by atoms with Crippen LogP contribution in [0.25, 0.3) is 10.9 Å². The molecule has 0 unspecified atom stereocenters. The maximum Gasteiger partial charge on any atom is 0.258 e. The number of hydrogen-bond acceptors (Lipinski definition) is 5. The van der Waals surface area contributed by atoms with Crippen LogP contribution in [0.3, 0.4) is 0 Å². The largest absolute Gasteiger partial charge is 0.325 e. The molecule has 1 heterocycles. The van der Waals surface area contributed by atoms with Gasteiger partial charge in [0.05, 0.1) is 33.6 Å². The molecule has 2 aromatic carbocycles. The number of carbonyl (C=O) groups is 1. The van der Waals surface area contributed by atoms with E-state index < -0.39 is 15.7 Å². The van der Waals surface area contributed by atoms with Crippen LogP contribution in [-0.4, -0.2) is 30.0 Å². The highest BCUT2D eigenvalue weighted by Gasteiger charge is 2.17. The van der Waals surface area contributed by atoms with Crippen molar-refractivity contribution in [2.75, 3.05) is 11.1 Å². The lowest BCUT2D eigenvalue weighted by Gasteiger charge is -2.09. The van der Waals surface area contributed by atoms with Gasteiger partial charge in [0, 0.05) is 9.99 Å². The summed E-state index contributed by atoms with van der Waals surface area (Å²) < 4.78 is 25.2. The molecule has 0 saturated carbocycles. The van der Waals surface area contributed by atoms with E-state index in [-0.39, 0.29) is 22.6 Å². The summed E-state index contributed by atoms with van der Waals surface area (Å²) in [7, 11) is -3.53. The van der Waals surface area contributed by atoms with Gasteiger partial charge >= 0.3 is 0 Å². The fourth-order valence-corrected chi connectivity index (χ4v) is 4.22. The number of nitrogens with one attached hydrogen (secondary N) is 2. The number of amides is 1. The molecule has 9 heteroatoms. The molecule has 134 valence electrons. The number of aromatic nitrogens is 2. The first kappa shape index (κ1) is 18.5. The molecule has 0 fully saturated rings. The highest BCUT2D eigenvalue weighted by molar-refractivity contribution is 14.1. The van der Waals surface area contributed by atoms with Crippen LogP contribution in [0.2, 0.25) is 0 Å². The second-order valence-corrected chi connectivity index (χ2v) is 8.78. The zero-order valence-electron chi connectivity index (χ0n) is 13.4. The predicted octanol–water partition coefficient (Wildman–Crippen LogP) is 2.33. The highest BCUT2D eigenvalue weighted by atomic mass is 127. The van der Waals surface area contributed by atoms with E-state index in [9.17, 15) is 18.0 Å². The Kier molecular flexibility index (Phi) is 5.37. The van der Waals surface area contributed by atoms with E-state index in [1.807, 2.05) is 22.6 Å². The number of benzene rings is 2. The van der Waals surface area contributed by atoms with Crippen LogP contribution < -0.4 is 10.9 Å². The molecule has 2 N–H and O–H groups in total. The van der Waals surface area contributed by atoms with Gasteiger partial charge in [-0.15, -0.1) is 0 Å². The fraction of sp³-hybridized carbons (Fsp3) is 0.118. The Morgan fingerprint density at radius 2 is 1.92 bits per heavy atom. The van der Waals surface area contributed by atoms with E-state index in [0.717, 1.165) is 0 Å². The first-order chi connectivity index (χ1) is 12.4. The molecule has 1 amide bonds. The summed E-state index contributed by atoms with van der Waals surface area (Å²) in [4.78, 5) is 30.8. The highest BCUT2D eigenvalue weighted by Crippen LogP contribution is 2.23. The quantitative estimate of drug-likeness (QED) is 0.542. The number of carbonyl (C=O) groups excluding carboxylic acids is 1. The smallest absolute Gasteiger partial charge is 0.258 e. The topological polar surface area (TPSA) is 109 Å². The van der Waals surface area contributed by atoms with Gasteiger partial charge < -0.3 is 10.3 Å². The lowest BCUT2D eigenvalue weighted by Crippen LogP contribution is -2.18. The normalized spacial score (nSPS) is 11.4. The van der Waals surface area contributed by atoms with Gasteiger partial charge in [-0.1, -0.05) is 18.2 Å². The van der Waals surface area contributed by atoms with Crippen molar-refractivity contribution in [1.82, 2.24) is 9.97 Å². The number of sulfone groups is 1. The van der Waals surface area contributed by atoms with E-state index in [2.05, 4.69) is 15.3 Å². The average Bonchev–Trinajstić information content (AvgIpc) is 2.62. The summed E-state index contributed by atoms with van der Waals surface area (Å²) in [5.74, 6) is -0.739. The first-order valence-corrected chi connectivity index (χ1v) is 10.3. The monoisotopic (exact) mass is 483 g/mol. The van der Waals surface area contributed by atoms with Crippen molar-refractivity contribution < 1.29 is 13.2 Å². The van der Waals surface area contributed by atoms with E-state index in [1.165, 1.54) is 24.5 Å². The number of fused-ring (bicyclic) bond motifs is 1. The van der Waals surface area contributed by atoms with Crippen molar-refractivity contribution in [1.29, 1.82) is 0 Å². The van der Waals surface area contributed by atoms with Crippen LogP contribution in [0.15, 0.2) is 58.5 Å². The lowest BCUT2D eigenvalue weighted by atomic mass is 10.2. The number of aromatic amines is 1. The molecule has 0 atom stereocenters. The SMILES string of the molecule is O=C(CCS(=O)(=O)c1ccccc1)Nc1cc2c(=O)[nH]cnc2cc1I. The van der Waals surface area contributed by atoms with Crippen molar-refractivity contribution in [3.63, 3.8) is 0 Å². The Balaban J connectivity index is 1.74.